The number of hydrogen-bond acceptors (Lipinski definition) is 7. The smallest absolute Gasteiger partial charge is 0.452 e. The van der Waals surface area contributed by atoms with Crippen molar-refractivity contribution >= 4 is 23.9 Å². The zero-order valence-corrected chi connectivity index (χ0v) is 14.5. The number of nitrogens with one attached hydrogen (secondary N) is 1. The number of aliphatic imine (C=N–C) groups is 1. The molecule has 1 N–H and O–H groups in total. The Morgan fingerprint density at radius 2 is 2.00 bits per heavy atom. The third kappa shape index (κ3) is 8.76. The van der Waals surface area contributed by atoms with Crippen LogP contribution in [0.1, 0.15) is 26.7 Å². The predicted molar refractivity (Wildman–Crippen MR) is 87.6 cm³/mol. The van der Waals surface area contributed by atoms with Crippen molar-refractivity contribution in [3.8, 4) is 0 Å². The number of ether oxygens (including phenoxy) is 1. The van der Waals surface area contributed by atoms with Gasteiger partial charge >= 0.3 is 18.2 Å². The van der Waals surface area contributed by atoms with Crippen molar-refractivity contribution in [3.63, 3.8) is 0 Å². The van der Waals surface area contributed by atoms with E-state index in [1.807, 2.05) is 6.92 Å². The molecule has 0 heterocycles. The molecule has 0 radical (unpaired) electrons. The summed E-state index contributed by atoms with van der Waals surface area (Å²) in [6.07, 6.45) is 1.12. The molecule has 0 aromatic heterocycles. The van der Waals surface area contributed by atoms with E-state index in [0.29, 0.717) is 19.5 Å². The molecule has 0 aliphatic carbocycles. The van der Waals surface area contributed by atoms with Crippen LogP contribution in [0.25, 0.3) is 0 Å². The second-order valence-electron chi connectivity index (χ2n) is 4.86. The zero-order valence-electron chi connectivity index (χ0n) is 14.5. The van der Waals surface area contributed by atoms with Crippen LogP contribution in [-0.2, 0) is 19.3 Å². The van der Waals surface area contributed by atoms with E-state index in [9.17, 15) is 14.4 Å². The summed E-state index contributed by atoms with van der Waals surface area (Å²) in [5.41, 5.74) is 0.780. The maximum Gasteiger partial charge on any atom is 0.452 e. The molecule has 9 nitrogen and oxygen atoms in total. The highest BCUT2D eigenvalue weighted by Gasteiger charge is 2.19. The normalized spacial score (nSPS) is 11.9. The van der Waals surface area contributed by atoms with Crippen molar-refractivity contribution in [2.75, 3.05) is 27.2 Å². The molecule has 1 atom stereocenters. The van der Waals surface area contributed by atoms with E-state index in [0.717, 1.165) is 12.1 Å². The van der Waals surface area contributed by atoms with Gasteiger partial charge in [-0.25, -0.2) is 24.2 Å². The lowest BCUT2D eigenvalue weighted by atomic mass is 10.2. The molecule has 0 saturated carbocycles. The molecule has 0 aromatic rings. The Labute approximate surface area is 141 Å². The van der Waals surface area contributed by atoms with E-state index < -0.39 is 24.2 Å². The van der Waals surface area contributed by atoms with Crippen molar-refractivity contribution in [3.05, 3.63) is 12.7 Å². The second kappa shape index (κ2) is 11.9. The molecule has 24 heavy (non-hydrogen) atoms. The van der Waals surface area contributed by atoms with Gasteiger partial charge in [-0.3, -0.25) is 4.99 Å². The standard InChI is InChI=1S/C15H25N3O6/c1-6-9-16-12(7-2)8-10-18(4)15(21)24-23-14(20)17-11(3)13(19)22-5/h7,11H,2,6,8-10H2,1,3-5H3,(H,17,20). The van der Waals surface area contributed by atoms with Gasteiger partial charge in [-0.15, -0.1) is 0 Å². The average molecular weight is 343 g/mol. The average Bonchev–Trinajstić information content (AvgIpc) is 2.58. The Kier molecular flexibility index (Phi) is 10.6. The monoisotopic (exact) mass is 343 g/mol. The molecule has 0 rings (SSSR count). The first-order valence-corrected chi connectivity index (χ1v) is 7.49. The predicted octanol–water partition coefficient (Wildman–Crippen LogP) is 1.68. The molecule has 1 unspecified atom stereocenters. The van der Waals surface area contributed by atoms with E-state index >= 15 is 0 Å². The van der Waals surface area contributed by atoms with Gasteiger partial charge in [-0.05, 0) is 19.4 Å². The van der Waals surface area contributed by atoms with Crippen molar-refractivity contribution in [2.45, 2.75) is 32.7 Å². The number of esters is 1. The van der Waals surface area contributed by atoms with Gasteiger partial charge in [-0.2, -0.15) is 0 Å². The van der Waals surface area contributed by atoms with Crippen LogP contribution in [0.2, 0.25) is 0 Å². The molecule has 0 fully saturated rings. The van der Waals surface area contributed by atoms with E-state index in [1.165, 1.54) is 26.0 Å². The Bertz CT molecular complexity index is 478. The lowest BCUT2D eigenvalue weighted by Crippen LogP contribution is -2.40. The Balaban J connectivity index is 4.20. The molecule has 0 aromatic carbocycles. The van der Waals surface area contributed by atoms with Crippen LogP contribution in [0.5, 0.6) is 0 Å². The number of amides is 2. The summed E-state index contributed by atoms with van der Waals surface area (Å²) >= 11 is 0. The van der Waals surface area contributed by atoms with Gasteiger partial charge in [-0.1, -0.05) is 13.5 Å². The molecule has 0 aliphatic heterocycles. The van der Waals surface area contributed by atoms with Gasteiger partial charge in [0.2, 0.25) is 0 Å². The third-order valence-electron chi connectivity index (χ3n) is 2.87. The third-order valence-corrected chi connectivity index (χ3v) is 2.87. The van der Waals surface area contributed by atoms with E-state index in [2.05, 4.69) is 31.4 Å². The summed E-state index contributed by atoms with van der Waals surface area (Å²) in [7, 11) is 2.67. The Morgan fingerprint density at radius 1 is 1.33 bits per heavy atom. The summed E-state index contributed by atoms with van der Waals surface area (Å²) in [6, 6.07) is -0.927. The molecule has 0 aliphatic rings. The largest absolute Gasteiger partial charge is 0.467 e. The van der Waals surface area contributed by atoms with Crippen LogP contribution in [-0.4, -0.2) is 62.1 Å². The number of rotatable bonds is 8. The van der Waals surface area contributed by atoms with Crippen molar-refractivity contribution in [1.82, 2.24) is 10.2 Å². The maximum atomic E-state index is 11.7. The number of carbonyl (C=O) groups excluding carboxylic acids is 3. The minimum atomic E-state index is -1.08. The van der Waals surface area contributed by atoms with E-state index in [-0.39, 0.29) is 0 Å². The fourth-order valence-corrected chi connectivity index (χ4v) is 1.45. The molecule has 0 bridgehead atoms. The van der Waals surface area contributed by atoms with Gasteiger partial charge in [0.05, 0.1) is 7.11 Å². The molecule has 0 spiro atoms. The zero-order chi connectivity index (χ0) is 18.5. The van der Waals surface area contributed by atoms with Crippen molar-refractivity contribution in [2.24, 2.45) is 4.99 Å². The van der Waals surface area contributed by atoms with Crippen molar-refractivity contribution < 1.29 is 28.9 Å². The molecular weight excluding hydrogens is 318 g/mol. The van der Waals surface area contributed by atoms with Crippen LogP contribution < -0.4 is 5.32 Å². The highest BCUT2D eigenvalue weighted by molar-refractivity contribution is 5.94. The van der Waals surface area contributed by atoms with Gasteiger partial charge in [0.25, 0.3) is 0 Å². The fourth-order valence-electron chi connectivity index (χ4n) is 1.45. The Hall–Kier alpha value is -2.58. The number of methoxy groups -OCH3 is 1. The lowest BCUT2D eigenvalue weighted by Gasteiger charge is -2.16. The number of carbonyl (C=O) groups is 3. The van der Waals surface area contributed by atoms with Gasteiger partial charge in [0.15, 0.2) is 0 Å². The fraction of sp³-hybridized carbons (Fsp3) is 0.600. The van der Waals surface area contributed by atoms with Crippen LogP contribution in [0, 0.1) is 0 Å². The summed E-state index contributed by atoms with van der Waals surface area (Å²) in [5, 5.41) is 2.14. The molecule has 136 valence electrons. The topological polar surface area (TPSA) is 107 Å². The van der Waals surface area contributed by atoms with Crippen LogP contribution in [0.3, 0.4) is 0 Å². The highest BCUT2D eigenvalue weighted by Crippen LogP contribution is 1.98. The molecule has 2 amide bonds. The molecule has 0 saturated heterocycles. The number of allylic oxidation sites excluding steroid dienone is 1. The first kappa shape index (κ1) is 21.4. The number of hydrogen-bond donors (Lipinski definition) is 1. The SMILES string of the molecule is C=CC(CCN(C)C(=O)OOC(=O)NC(C)C(=O)OC)=NCCC. The first-order chi connectivity index (χ1) is 11.3. The Morgan fingerprint density at radius 3 is 2.54 bits per heavy atom. The van der Waals surface area contributed by atoms with E-state index in [4.69, 9.17) is 0 Å². The van der Waals surface area contributed by atoms with Crippen LogP contribution >= 0.6 is 0 Å². The minimum absolute atomic E-state index is 0.316. The summed E-state index contributed by atoms with van der Waals surface area (Å²) in [4.78, 5) is 48.4. The summed E-state index contributed by atoms with van der Waals surface area (Å²) in [6.45, 7) is 8.08. The number of nitrogens with zero attached hydrogens (tertiary/aromatic N) is 2. The van der Waals surface area contributed by atoms with Gasteiger partial charge in [0.1, 0.15) is 6.04 Å². The van der Waals surface area contributed by atoms with Gasteiger partial charge in [0, 0.05) is 32.3 Å². The second-order valence-corrected chi connectivity index (χ2v) is 4.86. The maximum absolute atomic E-state index is 11.7. The van der Waals surface area contributed by atoms with Gasteiger partial charge < -0.3 is 15.0 Å². The van der Waals surface area contributed by atoms with Crippen molar-refractivity contribution in [1.29, 1.82) is 0 Å². The summed E-state index contributed by atoms with van der Waals surface area (Å²) < 4.78 is 4.43. The van der Waals surface area contributed by atoms with Crippen LogP contribution in [0.15, 0.2) is 17.6 Å². The lowest BCUT2D eigenvalue weighted by molar-refractivity contribution is -0.187. The quantitative estimate of drug-likeness (QED) is 0.311. The van der Waals surface area contributed by atoms with E-state index in [1.54, 1.807) is 6.08 Å². The highest BCUT2D eigenvalue weighted by atomic mass is 17.2. The van der Waals surface area contributed by atoms with Crippen LogP contribution in [0.4, 0.5) is 9.59 Å². The summed E-state index contributed by atoms with van der Waals surface area (Å²) in [5.74, 6) is -0.654. The molecule has 9 heteroatoms. The molecular formula is C15H25N3O6. The minimum Gasteiger partial charge on any atom is -0.467 e. The first-order valence-electron chi connectivity index (χ1n) is 7.49.